The standard InChI is InChI=1S/4C7H15O2.Ti/c4*1-4-5-6-9-7(2,3)8;/h4*4-6H2,1-3H3;/q4*-1;+4. The van der Waals surface area contributed by atoms with Crippen molar-refractivity contribution in [2.75, 3.05) is 26.4 Å². The van der Waals surface area contributed by atoms with Crippen LogP contribution in [0.25, 0.3) is 0 Å². The number of hydrogen-bond acceptors (Lipinski definition) is 8. The summed E-state index contributed by atoms with van der Waals surface area (Å²) in [5.41, 5.74) is 0. The van der Waals surface area contributed by atoms with E-state index in [0.717, 1.165) is 51.4 Å². The molecule has 0 saturated carbocycles. The van der Waals surface area contributed by atoms with Crippen molar-refractivity contribution in [1.29, 1.82) is 0 Å². The fourth-order valence-corrected chi connectivity index (χ4v) is 1.85. The fraction of sp³-hybridized carbons (Fsp3) is 1.00. The van der Waals surface area contributed by atoms with Gasteiger partial charge in [-0.05, 0) is 48.8 Å². The Morgan fingerprint density at radius 3 is 0.595 bits per heavy atom. The van der Waals surface area contributed by atoms with Crippen molar-refractivity contribution < 1.29 is 61.1 Å². The molecule has 0 bridgehead atoms. The van der Waals surface area contributed by atoms with E-state index < -0.39 is 23.1 Å². The van der Waals surface area contributed by atoms with E-state index in [2.05, 4.69) is 27.7 Å². The molecule has 224 valence electrons. The van der Waals surface area contributed by atoms with Crippen LogP contribution in [0, 0.1) is 0 Å². The van der Waals surface area contributed by atoms with Crippen LogP contribution in [0.5, 0.6) is 0 Å². The van der Waals surface area contributed by atoms with E-state index >= 15 is 0 Å². The third-order valence-electron chi connectivity index (χ3n) is 3.79. The largest absolute Gasteiger partial charge is 4.00 e. The van der Waals surface area contributed by atoms with Crippen molar-refractivity contribution in [3.8, 4) is 0 Å². The average Bonchev–Trinajstić information content (AvgIpc) is 2.67. The summed E-state index contributed by atoms with van der Waals surface area (Å²) in [5.74, 6) is -4.80. The molecule has 0 aliphatic carbocycles. The molecule has 0 saturated heterocycles. The smallest absolute Gasteiger partial charge is 0.829 e. The molecule has 0 unspecified atom stereocenters. The van der Waals surface area contributed by atoms with Gasteiger partial charge in [0.1, 0.15) is 0 Å². The molecule has 0 aromatic rings. The van der Waals surface area contributed by atoms with Gasteiger partial charge in [0.2, 0.25) is 0 Å². The Morgan fingerprint density at radius 2 is 0.514 bits per heavy atom. The second kappa shape index (κ2) is 27.9. The molecule has 9 heteroatoms. The first kappa shape index (κ1) is 47.2. The Hall–Kier alpha value is 0.394. The Kier molecular flexibility index (Phi) is 35.6. The Balaban J connectivity index is -0.000000122. The van der Waals surface area contributed by atoms with Gasteiger partial charge in [-0.15, -0.1) is 0 Å². The van der Waals surface area contributed by atoms with Crippen molar-refractivity contribution in [2.24, 2.45) is 0 Å². The third-order valence-corrected chi connectivity index (χ3v) is 3.79. The summed E-state index contributed by atoms with van der Waals surface area (Å²) < 4.78 is 19.7. The second-order valence-corrected chi connectivity index (χ2v) is 10.4. The van der Waals surface area contributed by atoms with Gasteiger partial charge in [0.05, 0.1) is 0 Å². The Bertz CT molecular complexity index is 342. The van der Waals surface area contributed by atoms with Crippen LogP contribution in [0.15, 0.2) is 0 Å². The van der Waals surface area contributed by atoms with E-state index in [9.17, 15) is 20.4 Å². The van der Waals surface area contributed by atoms with Gasteiger partial charge >= 0.3 is 21.7 Å². The van der Waals surface area contributed by atoms with Gasteiger partial charge in [-0.25, -0.2) is 0 Å². The molecule has 0 rings (SSSR count). The summed E-state index contributed by atoms with van der Waals surface area (Å²) >= 11 is 0. The summed E-state index contributed by atoms with van der Waals surface area (Å²) in [6, 6.07) is 0. The minimum atomic E-state index is -1.20. The molecule has 0 N–H and O–H groups in total. The molecule has 0 aliphatic rings. The first-order chi connectivity index (χ1) is 16.2. The zero-order valence-corrected chi connectivity index (χ0v) is 27.8. The molecular formula is C28H60O8Ti. The second-order valence-electron chi connectivity index (χ2n) is 10.4. The summed E-state index contributed by atoms with van der Waals surface area (Å²) in [4.78, 5) is 0. The van der Waals surface area contributed by atoms with Crippen molar-refractivity contribution in [3.63, 3.8) is 0 Å². The molecule has 0 radical (unpaired) electrons. The maximum Gasteiger partial charge on any atom is 4.00 e. The first-order valence-electron chi connectivity index (χ1n) is 13.6. The SMILES string of the molecule is CCCCOC(C)(C)[O-].CCCCOC(C)(C)[O-].CCCCOC(C)(C)[O-].CCCCOC(C)(C)[O-].[Ti+4]. The predicted molar refractivity (Wildman–Crippen MR) is 140 cm³/mol. The van der Waals surface area contributed by atoms with Crippen molar-refractivity contribution in [1.82, 2.24) is 0 Å². The average molecular weight is 573 g/mol. The van der Waals surface area contributed by atoms with E-state index in [0.29, 0.717) is 26.4 Å². The zero-order valence-electron chi connectivity index (χ0n) is 26.3. The Labute approximate surface area is 244 Å². The topological polar surface area (TPSA) is 129 Å². The molecule has 0 aromatic heterocycles. The van der Waals surface area contributed by atoms with Gasteiger partial charge in [0.15, 0.2) is 0 Å². The number of rotatable bonds is 16. The van der Waals surface area contributed by atoms with E-state index in [-0.39, 0.29) is 21.7 Å². The molecule has 0 fully saturated rings. The first-order valence-corrected chi connectivity index (χ1v) is 13.6. The molecule has 37 heavy (non-hydrogen) atoms. The summed E-state index contributed by atoms with van der Waals surface area (Å²) in [6.07, 6.45) is 8.23. The van der Waals surface area contributed by atoms with Gasteiger partial charge in [-0.2, -0.15) is 0 Å². The minimum absolute atomic E-state index is 0. The predicted octanol–water partition coefficient (Wildman–Crippen LogP) is 3.60. The van der Waals surface area contributed by atoms with Crippen LogP contribution in [0.1, 0.15) is 134 Å². The summed E-state index contributed by atoms with van der Waals surface area (Å²) in [6.45, 7) is 22.9. The zero-order chi connectivity index (χ0) is 29.3. The van der Waals surface area contributed by atoms with Crippen LogP contribution in [0.2, 0.25) is 0 Å². The van der Waals surface area contributed by atoms with Crippen LogP contribution in [0.3, 0.4) is 0 Å². The molecule has 0 aliphatic heterocycles. The monoisotopic (exact) mass is 572 g/mol. The van der Waals surface area contributed by atoms with E-state index in [4.69, 9.17) is 18.9 Å². The van der Waals surface area contributed by atoms with Crippen molar-refractivity contribution in [2.45, 2.75) is 158 Å². The van der Waals surface area contributed by atoms with Crippen molar-refractivity contribution >= 4 is 0 Å². The van der Waals surface area contributed by atoms with Gasteiger partial charge < -0.3 is 39.4 Å². The maximum atomic E-state index is 10.8. The molecule has 8 nitrogen and oxygen atoms in total. The van der Waals surface area contributed by atoms with E-state index in [1.165, 1.54) is 55.4 Å². The summed E-state index contributed by atoms with van der Waals surface area (Å²) in [5, 5.41) is 43.0. The summed E-state index contributed by atoms with van der Waals surface area (Å²) in [7, 11) is 0. The van der Waals surface area contributed by atoms with Crippen LogP contribution < -0.4 is 20.4 Å². The Morgan fingerprint density at radius 1 is 0.378 bits per heavy atom. The molecule has 0 heterocycles. The normalized spacial score (nSPS) is 11.7. The fourth-order valence-electron chi connectivity index (χ4n) is 1.85. The van der Waals surface area contributed by atoms with Gasteiger partial charge in [-0.3, -0.25) is 0 Å². The van der Waals surface area contributed by atoms with Gasteiger partial charge in [0.25, 0.3) is 0 Å². The number of hydrogen-bond donors (Lipinski definition) is 0. The molecule has 0 aromatic carbocycles. The number of unbranched alkanes of at least 4 members (excludes halogenated alkanes) is 4. The van der Waals surface area contributed by atoms with Crippen LogP contribution >= 0.6 is 0 Å². The van der Waals surface area contributed by atoms with E-state index in [1.54, 1.807) is 0 Å². The van der Waals surface area contributed by atoms with Gasteiger partial charge in [0, 0.05) is 26.4 Å². The molecule has 0 spiro atoms. The number of ether oxygens (including phenoxy) is 4. The molecular weight excluding hydrogens is 512 g/mol. The quantitative estimate of drug-likeness (QED) is 0.156. The van der Waals surface area contributed by atoms with E-state index in [1.807, 2.05) is 0 Å². The maximum absolute atomic E-state index is 10.8. The van der Waals surface area contributed by atoms with Crippen LogP contribution in [0.4, 0.5) is 0 Å². The third kappa shape index (κ3) is 72.3. The van der Waals surface area contributed by atoms with Crippen LogP contribution in [-0.4, -0.2) is 49.6 Å². The van der Waals surface area contributed by atoms with Gasteiger partial charge in [-0.1, -0.05) is 109 Å². The van der Waals surface area contributed by atoms with Crippen molar-refractivity contribution in [3.05, 3.63) is 0 Å². The minimum Gasteiger partial charge on any atom is -0.829 e. The molecule has 0 atom stereocenters. The molecule has 0 amide bonds. The van der Waals surface area contributed by atoms with Crippen LogP contribution in [-0.2, 0) is 40.7 Å².